The molecule has 0 aliphatic carbocycles. The predicted octanol–water partition coefficient (Wildman–Crippen LogP) is 0.446. The first-order chi connectivity index (χ1) is 11.1. The Morgan fingerprint density at radius 2 is 2.13 bits per heavy atom. The number of likely N-dealkylation sites (N-methyl/N-ethyl adjacent to an activating group) is 1. The van der Waals surface area contributed by atoms with E-state index in [2.05, 4.69) is 32.1 Å². The minimum atomic E-state index is -0.152. The van der Waals surface area contributed by atoms with Crippen molar-refractivity contribution >= 4 is 11.9 Å². The summed E-state index contributed by atoms with van der Waals surface area (Å²) in [5.74, 6) is 0.502. The summed E-state index contributed by atoms with van der Waals surface area (Å²) in [4.78, 5) is 25.7. The molecule has 2 aliphatic heterocycles. The van der Waals surface area contributed by atoms with Crippen LogP contribution in [-0.4, -0.2) is 73.3 Å². The first-order valence-corrected chi connectivity index (χ1v) is 8.31. The van der Waals surface area contributed by atoms with Crippen LogP contribution in [0.3, 0.4) is 0 Å². The smallest absolute Gasteiger partial charge is 0.270 e. The number of aryl methyl sites for hydroxylation is 1. The molecule has 3 rings (SSSR count). The zero-order valence-electron chi connectivity index (χ0n) is 13.9. The first-order valence-electron chi connectivity index (χ1n) is 8.31. The van der Waals surface area contributed by atoms with E-state index < -0.39 is 0 Å². The van der Waals surface area contributed by atoms with Crippen molar-refractivity contribution in [2.75, 3.05) is 51.3 Å². The first kappa shape index (κ1) is 16.1. The Labute approximate surface area is 137 Å². The highest BCUT2D eigenvalue weighted by molar-refractivity contribution is 5.92. The van der Waals surface area contributed by atoms with E-state index in [0.717, 1.165) is 51.3 Å². The number of nitrogens with zero attached hydrogens (tertiary/aromatic N) is 4. The van der Waals surface area contributed by atoms with Crippen molar-refractivity contribution in [3.8, 4) is 0 Å². The number of piperazine rings is 1. The highest BCUT2D eigenvalue weighted by atomic mass is 16.5. The topological polar surface area (TPSA) is 70.6 Å². The maximum atomic E-state index is 12.4. The molecule has 0 bridgehead atoms. The lowest BCUT2D eigenvalue weighted by molar-refractivity contribution is 0.0853. The van der Waals surface area contributed by atoms with Crippen LogP contribution >= 0.6 is 0 Å². The van der Waals surface area contributed by atoms with Gasteiger partial charge in [0.05, 0.1) is 6.10 Å². The number of amides is 1. The van der Waals surface area contributed by atoms with Crippen molar-refractivity contribution in [1.29, 1.82) is 0 Å². The highest BCUT2D eigenvalue weighted by Crippen LogP contribution is 2.14. The van der Waals surface area contributed by atoms with Gasteiger partial charge in [-0.25, -0.2) is 9.97 Å². The van der Waals surface area contributed by atoms with E-state index in [1.165, 1.54) is 0 Å². The van der Waals surface area contributed by atoms with E-state index >= 15 is 0 Å². The number of nitrogens with one attached hydrogen (secondary N) is 1. The van der Waals surface area contributed by atoms with Crippen LogP contribution in [-0.2, 0) is 4.74 Å². The minimum absolute atomic E-state index is 0.138. The molecule has 23 heavy (non-hydrogen) atoms. The molecular formula is C16H25N5O2. The summed E-state index contributed by atoms with van der Waals surface area (Å²) >= 11 is 0. The van der Waals surface area contributed by atoms with Gasteiger partial charge in [-0.3, -0.25) is 4.79 Å². The molecule has 1 amide bonds. The van der Waals surface area contributed by atoms with Gasteiger partial charge in [0.1, 0.15) is 5.69 Å². The fourth-order valence-corrected chi connectivity index (χ4v) is 2.92. The Bertz CT molecular complexity index is 551. The van der Waals surface area contributed by atoms with Crippen LogP contribution in [0.2, 0.25) is 0 Å². The molecule has 0 saturated carbocycles. The predicted molar refractivity (Wildman–Crippen MR) is 87.8 cm³/mol. The zero-order chi connectivity index (χ0) is 16.2. The number of anilines is 1. The second-order valence-electron chi connectivity index (χ2n) is 6.33. The summed E-state index contributed by atoms with van der Waals surface area (Å²) in [6, 6.07) is 1.74. The Morgan fingerprint density at radius 1 is 1.35 bits per heavy atom. The van der Waals surface area contributed by atoms with Crippen molar-refractivity contribution in [1.82, 2.24) is 20.2 Å². The maximum absolute atomic E-state index is 12.4. The molecule has 0 radical (unpaired) electrons. The second kappa shape index (κ2) is 7.23. The number of carbonyl (C=O) groups is 1. The average Bonchev–Trinajstić information content (AvgIpc) is 3.06. The molecule has 1 aromatic rings. The summed E-state index contributed by atoms with van der Waals surface area (Å²) in [5, 5.41) is 2.92. The van der Waals surface area contributed by atoms with E-state index in [9.17, 15) is 4.79 Å². The summed E-state index contributed by atoms with van der Waals surface area (Å²) < 4.78 is 5.53. The molecule has 126 valence electrons. The lowest BCUT2D eigenvalue weighted by atomic mass is 10.2. The van der Waals surface area contributed by atoms with Crippen molar-refractivity contribution < 1.29 is 9.53 Å². The molecule has 1 N–H and O–H groups in total. The van der Waals surface area contributed by atoms with Gasteiger partial charge in [0, 0.05) is 45.0 Å². The van der Waals surface area contributed by atoms with Gasteiger partial charge in [0.2, 0.25) is 5.95 Å². The molecule has 1 atom stereocenters. The number of rotatable bonds is 4. The van der Waals surface area contributed by atoms with Gasteiger partial charge in [0.15, 0.2) is 0 Å². The molecule has 2 fully saturated rings. The van der Waals surface area contributed by atoms with Crippen LogP contribution in [0.25, 0.3) is 0 Å². The lowest BCUT2D eigenvalue weighted by Crippen LogP contribution is -2.45. The Balaban J connectivity index is 1.65. The second-order valence-corrected chi connectivity index (χ2v) is 6.33. The van der Waals surface area contributed by atoms with E-state index in [-0.39, 0.29) is 12.0 Å². The molecule has 2 saturated heterocycles. The fourth-order valence-electron chi connectivity index (χ4n) is 2.92. The average molecular weight is 319 g/mol. The molecule has 0 aromatic carbocycles. The van der Waals surface area contributed by atoms with Gasteiger partial charge in [0.25, 0.3) is 5.91 Å². The zero-order valence-corrected chi connectivity index (χ0v) is 13.9. The number of carbonyl (C=O) groups excluding carboxylic acids is 1. The highest BCUT2D eigenvalue weighted by Gasteiger charge is 2.20. The van der Waals surface area contributed by atoms with Gasteiger partial charge >= 0.3 is 0 Å². The van der Waals surface area contributed by atoms with Crippen LogP contribution in [0.1, 0.15) is 29.0 Å². The number of aromatic nitrogens is 2. The Morgan fingerprint density at radius 3 is 2.83 bits per heavy atom. The van der Waals surface area contributed by atoms with Crippen molar-refractivity contribution in [3.63, 3.8) is 0 Å². The van der Waals surface area contributed by atoms with Crippen LogP contribution in [0, 0.1) is 6.92 Å². The number of hydrogen-bond acceptors (Lipinski definition) is 6. The molecule has 7 heteroatoms. The molecule has 1 unspecified atom stereocenters. The summed E-state index contributed by atoms with van der Waals surface area (Å²) in [6.07, 6.45) is 2.22. The third-order valence-corrected chi connectivity index (χ3v) is 4.38. The van der Waals surface area contributed by atoms with Gasteiger partial charge < -0.3 is 19.9 Å². The van der Waals surface area contributed by atoms with Crippen LogP contribution in [0.4, 0.5) is 5.95 Å². The van der Waals surface area contributed by atoms with Crippen molar-refractivity contribution in [3.05, 3.63) is 17.5 Å². The van der Waals surface area contributed by atoms with Gasteiger partial charge in [-0.1, -0.05) is 0 Å². The summed E-state index contributed by atoms with van der Waals surface area (Å²) in [7, 11) is 2.11. The summed E-state index contributed by atoms with van der Waals surface area (Å²) in [5.41, 5.74) is 1.25. The number of ether oxygens (including phenoxy) is 1. The number of hydrogen-bond donors (Lipinski definition) is 1. The van der Waals surface area contributed by atoms with Crippen LogP contribution in [0.5, 0.6) is 0 Å². The fraction of sp³-hybridized carbons (Fsp3) is 0.688. The minimum Gasteiger partial charge on any atom is -0.376 e. The monoisotopic (exact) mass is 319 g/mol. The summed E-state index contributed by atoms with van der Waals surface area (Å²) in [6.45, 7) is 6.98. The van der Waals surface area contributed by atoms with Gasteiger partial charge in [-0.15, -0.1) is 0 Å². The van der Waals surface area contributed by atoms with Gasteiger partial charge in [-0.05, 0) is 32.9 Å². The van der Waals surface area contributed by atoms with E-state index in [1.807, 2.05) is 6.92 Å². The van der Waals surface area contributed by atoms with Crippen LogP contribution < -0.4 is 10.2 Å². The quantitative estimate of drug-likeness (QED) is 0.869. The van der Waals surface area contributed by atoms with E-state index in [0.29, 0.717) is 18.2 Å². The van der Waals surface area contributed by atoms with Gasteiger partial charge in [-0.2, -0.15) is 0 Å². The molecule has 1 aromatic heterocycles. The van der Waals surface area contributed by atoms with E-state index in [1.54, 1.807) is 6.07 Å². The molecule has 0 spiro atoms. The Kier molecular flexibility index (Phi) is 5.07. The van der Waals surface area contributed by atoms with Crippen molar-refractivity contribution in [2.24, 2.45) is 0 Å². The molecule has 7 nitrogen and oxygen atoms in total. The SMILES string of the molecule is Cc1cc(C(=O)NCC2CCCO2)nc(N2CCN(C)CC2)n1. The van der Waals surface area contributed by atoms with E-state index in [4.69, 9.17) is 4.74 Å². The molecule has 3 heterocycles. The normalized spacial score (nSPS) is 22.3. The molecule has 2 aliphatic rings. The lowest BCUT2D eigenvalue weighted by Gasteiger charge is -2.32. The Hall–Kier alpha value is -1.73. The largest absolute Gasteiger partial charge is 0.376 e. The van der Waals surface area contributed by atoms with Crippen molar-refractivity contribution in [2.45, 2.75) is 25.9 Å². The third kappa shape index (κ3) is 4.17. The standard InChI is InChI=1S/C16H25N5O2/c1-12-10-14(15(22)17-11-13-4-3-9-23-13)19-16(18-12)21-7-5-20(2)6-8-21/h10,13H,3-9,11H2,1-2H3,(H,17,22). The maximum Gasteiger partial charge on any atom is 0.270 e. The van der Waals surface area contributed by atoms with Crippen LogP contribution in [0.15, 0.2) is 6.07 Å². The third-order valence-electron chi connectivity index (χ3n) is 4.38. The molecular weight excluding hydrogens is 294 g/mol.